The molecule has 0 aliphatic heterocycles. The maximum Gasteiger partial charge on any atom is 0.409 e. The first-order valence-electron chi connectivity index (χ1n) is 5.58. The van der Waals surface area contributed by atoms with Crippen molar-refractivity contribution in [1.82, 2.24) is 5.32 Å². The summed E-state index contributed by atoms with van der Waals surface area (Å²) in [4.78, 5) is 11.3. The fourth-order valence-electron chi connectivity index (χ4n) is 1.35. The van der Waals surface area contributed by atoms with E-state index in [1.807, 2.05) is 0 Å². The van der Waals surface area contributed by atoms with Crippen molar-refractivity contribution in [1.29, 1.82) is 0 Å². The lowest BCUT2D eigenvalue weighted by Gasteiger charge is -2.19. The molecule has 0 aliphatic rings. The standard InChI is InChI=1S/C13H14F3NO2/c1-2-6-11(13(14,15)16)17-12(18)19-9-10-7-4-3-5-8-10/h2-5,7-8,11H,1,6,9H2,(H,17,18). The number of alkyl halides is 3. The Bertz CT molecular complexity index is 418. The van der Waals surface area contributed by atoms with Crippen LogP contribution in [-0.2, 0) is 11.3 Å². The number of halogens is 3. The van der Waals surface area contributed by atoms with Crippen LogP contribution in [0.4, 0.5) is 18.0 Å². The molecular formula is C13H14F3NO2. The number of alkyl carbamates (subject to hydrolysis) is 1. The van der Waals surface area contributed by atoms with Crippen molar-refractivity contribution >= 4 is 6.09 Å². The van der Waals surface area contributed by atoms with Crippen LogP contribution >= 0.6 is 0 Å². The number of rotatable bonds is 5. The summed E-state index contributed by atoms with van der Waals surface area (Å²) in [6.07, 6.45) is -4.94. The van der Waals surface area contributed by atoms with E-state index in [-0.39, 0.29) is 6.61 Å². The molecule has 0 saturated carbocycles. The minimum Gasteiger partial charge on any atom is -0.445 e. The molecule has 1 amide bonds. The molecule has 0 saturated heterocycles. The molecule has 0 aliphatic carbocycles. The van der Waals surface area contributed by atoms with E-state index in [0.717, 1.165) is 6.08 Å². The van der Waals surface area contributed by atoms with Crippen LogP contribution in [0, 0.1) is 0 Å². The Balaban J connectivity index is 2.47. The average molecular weight is 273 g/mol. The fraction of sp³-hybridized carbons (Fsp3) is 0.308. The Morgan fingerprint density at radius 2 is 2.00 bits per heavy atom. The van der Waals surface area contributed by atoms with Gasteiger partial charge < -0.3 is 10.1 Å². The van der Waals surface area contributed by atoms with Crippen LogP contribution in [0.5, 0.6) is 0 Å². The first-order valence-corrected chi connectivity index (χ1v) is 5.58. The van der Waals surface area contributed by atoms with Crippen LogP contribution in [0.3, 0.4) is 0 Å². The first-order chi connectivity index (χ1) is 8.93. The second-order valence-electron chi connectivity index (χ2n) is 3.82. The number of benzene rings is 1. The zero-order chi connectivity index (χ0) is 14.3. The summed E-state index contributed by atoms with van der Waals surface area (Å²) in [5, 5.41) is 1.77. The van der Waals surface area contributed by atoms with E-state index >= 15 is 0 Å². The summed E-state index contributed by atoms with van der Waals surface area (Å²) in [5.41, 5.74) is 0.699. The second kappa shape index (κ2) is 6.82. The van der Waals surface area contributed by atoms with Gasteiger partial charge in [0.2, 0.25) is 0 Å². The number of carbonyl (C=O) groups excluding carboxylic acids is 1. The van der Waals surface area contributed by atoms with E-state index in [4.69, 9.17) is 4.74 Å². The van der Waals surface area contributed by atoms with E-state index < -0.39 is 24.7 Å². The number of hydrogen-bond acceptors (Lipinski definition) is 2. The first kappa shape index (κ1) is 15.1. The van der Waals surface area contributed by atoms with Gasteiger partial charge in [0.05, 0.1) is 0 Å². The van der Waals surface area contributed by atoms with Crippen LogP contribution in [0.15, 0.2) is 43.0 Å². The lowest BCUT2D eigenvalue weighted by molar-refractivity contribution is -0.153. The molecule has 1 rings (SSSR count). The third-order valence-corrected chi connectivity index (χ3v) is 2.30. The summed E-state index contributed by atoms with van der Waals surface area (Å²) >= 11 is 0. The molecule has 1 N–H and O–H groups in total. The molecule has 6 heteroatoms. The Hall–Kier alpha value is -1.98. The smallest absolute Gasteiger partial charge is 0.409 e. The van der Waals surface area contributed by atoms with E-state index in [9.17, 15) is 18.0 Å². The SMILES string of the molecule is C=CCC(NC(=O)OCc1ccccc1)C(F)(F)F. The number of carbonyl (C=O) groups is 1. The summed E-state index contributed by atoms with van der Waals surface area (Å²) < 4.78 is 42.3. The van der Waals surface area contributed by atoms with Gasteiger partial charge in [0, 0.05) is 0 Å². The van der Waals surface area contributed by atoms with E-state index in [1.54, 1.807) is 35.6 Å². The predicted octanol–water partition coefficient (Wildman–Crippen LogP) is 3.42. The third-order valence-electron chi connectivity index (χ3n) is 2.30. The van der Waals surface area contributed by atoms with Gasteiger partial charge in [-0.15, -0.1) is 6.58 Å². The molecule has 1 aromatic rings. The minimum absolute atomic E-state index is 0.0780. The van der Waals surface area contributed by atoms with Crippen LogP contribution in [0.2, 0.25) is 0 Å². The van der Waals surface area contributed by atoms with E-state index in [2.05, 4.69) is 6.58 Å². The van der Waals surface area contributed by atoms with Crippen molar-refractivity contribution in [2.45, 2.75) is 25.2 Å². The van der Waals surface area contributed by atoms with Crippen LogP contribution in [-0.4, -0.2) is 18.3 Å². The summed E-state index contributed by atoms with van der Waals surface area (Å²) in [7, 11) is 0. The van der Waals surface area contributed by atoms with Crippen molar-refractivity contribution in [2.24, 2.45) is 0 Å². The Kier molecular flexibility index (Phi) is 5.41. The molecule has 1 aromatic carbocycles. The highest BCUT2D eigenvalue weighted by atomic mass is 19.4. The number of nitrogens with one attached hydrogen (secondary N) is 1. The van der Waals surface area contributed by atoms with E-state index in [1.165, 1.54) is 0 Å². The molecule has 0 spiro atoms. The number of ether oxygens (including phenoxy) is 1. The van der Waals surface area contributed by atoms with Gasteiger partial charge in [-0.2, -0.15) is 13.2 Å². The van der Waals surface area contributed by atoms with Gasteiger partial charge in [0.25, 0.3) is 0 Å². The molecule has 0 radical (unpaired) electrons. The average Bonchev–Trinajstić information content (AvgIpc) is 2.36. The zero-order valence-electron chi connectivity index (χ0n) is 10.1. The largest absolute Gasteiger partial charge is 0.445 e. The third kappa shape index (κ3) is 5.46. The molecule has 3 nitrogen and oxygen atoms in total. The van der Waals surface area contributed by atoms with Gasteiger partial charge in [0.1, 0.15) is 12.6 Å². The van der Waals surface area contributed by atoms with Crippen molar-refractivity contribution < 1.29 is 22.7 Å². The van der Waals surface area contributed by atoms with Crippen LogP contribution in [0.1, 0.15) is 12.0 Å². The van der Waals surface area contributed by atoms with Gasteiger partial charge in [-0.3, -0.25) is 0 Å². The molecule has 1 unspecified atom stereocenters. The van der Waals surface area contributed by atoms with E-state index in [0.29, 0.717) is 5.56 Å². The summed E-state index contributed by atoms with van der Waals surface area (Å²) in [6, 6.07) is 6.71. The van der Waals surface area contributed by atoms with Gasteiger partial charge >= 0.3 is 12.3 Å². The fourth-order valence-corrected chi connectivity index (χ4v) is 1.35. The topological polar surface area (TPSA) is 38.3 Å². The molecular weight excluding hydrogens is 259 g/mol. The van der Waals surface area contributed by atoms with Crippen molar-refractivity contribution in [3.8, 4) is 0 Å². The number of hydrogen-bond donors (Lipinski definition) is 1. The maximum absolute atomic E-state index is 12.5. The molecule has 0 aromatic heterocycles. The summed E-state index contributed by atoms with van der Waals surface area (Å²) in [6.45, 7) is 3.14. The highest BCUT2D eigenvalue weighted by Crippen LogP contribution is 2.22. The van der Waals surface area contributed by atoms with Crippen LogP contribution < -0.4 is 5.32 Å². The zero-order valence-corrected chi connectivity index (χ0v) is 10.1. The van der Waals surface area contributed by atoms with Crippen molar-refractivity contribution in [2.75, 3.05) is 0 Å². The number of amides is 1. The molecule has 0 fully saturated rings. The van der Waals surface area contributed by atoms with Crippen molar-refractivity contribution in [3.05, 3.63) is 48.6 Å². The molecule has 104 valence electrons. The van der Waals surface area contributed by atoms with Gasteiger partial charge in [0.15, 0.2) is 0 Å². The maximum atomic E-state index is 12.5. The minimum atomic E-state index is -4.53. The lowest BCUT2D eigenvalue weighted by atomic mass is 10.2. The molecule has 0 bridgehead atoms. The lowest BCUT2D eigenvalue weighted by Crippen LogP contribution is -2.45. The highest BCUT2D eigenvalue weighted by molar-refractivity contribution is 5.67. The molecule has 0 heterocycles. The predicted molar refractivity (Wildman–Crippen MR) is 64.4 cm³/mol. The van der Waals surface area contributed by atoms with Gasteiger partial charge in [-0.05, 0) is 12.0 Å². The Labute approximate surface area is 109 Å². The summed E-state index contributed by atoms with van der Waals surface area (Å²) in [5.74, 6) is 0. The monoisotopic (exact) mass is 273 g/mol. The van der Waals surface area contributed by atoms with Gasteiger partial charge in [-0.25, -0.2) is 4.79 Å². The molecule has 1 atom stereocenters. The van der Waals surface area contributed by atoms with Crippen LogP contribution in [0.25, 0.3) is 0 Å². The molecule has 19 heavy (non-hydrogen) atoms. The quantitative estimate of drug-likeness (QED) is 0.835. The van der Waals surface area contributed by atoms with Gasteiger partial charge in [-0.1, -0.05) is 36.4 Å². The highest BCUT2D eigenvalue weighted by Gasteiger charge is 2.40. The Morgan fingerprint density at radius 3 is 2.53 bits per heavy atom. The normalized spacial score (nSPS) is 12.6. The van der Waals surface area contributed by atoms with Crippen molar-refractivity contribution in [3.63, 3.8) is 0 Å². The Morgan fingerprint density at radius 1 is 1.37 bits per heavy atom. The second-order valence-corrected chi connectivity index (χ2v) is 3.82.